The van der Waals surface area contributed by atoms with Crippen molar-refractivity contribution in [3.63, 3.8) is 0 Å². The van der Waals surface area contributed by atoms with Crippen LogP contribution >= 0.6 is 0 Å². The summed E-state index contributed by atoms with van der Waals surface area (Å²) in [6.45, 7) is 7.86. The fraction of sp³-hybridized carbons (Fsp3) is 0.667. The first-order valence-electron chi connectivity index (χ1n) is 12.2. The van der Waals surface area contributed by atoms with Crippen LogP contribution in [0.5, 0.6) is 0 Å². The maximum absolute atomic E-state index is 13.4. The molecule has 0 unspecified atom stereocenters. The topological polar surface area (TPSA) is 100 Å². The predicted octanol–water partition coefficient (Wildman–Crippen LogP) is 2.29. The van der Waals surface area contributed by atoms with Gasteiger partial charge in [-0.05, 0) is 30.9 Å². The van der Waals surface area contributed by atoms with E-state index in [1.54, 1.807) is 24.3 Å². The van der Waals surface area contributed by atoms with Crippen molar-refractivity contribution in [2.45, 2.75) is 68.8 Å². The van der Waals surface area contributed by atoms with Gasteiger partial charge in [-0.3, -0.25) is 19.4 Å². The van der Waals surface area contributed by atoms with Crippen LogP contribution in [0.1, 0.15) is 57.9 Å². The number of fused-ring (bicyclic) bond motifs is 1. The molecule has 1 aliphatic carbocycles. The molecule has 2 heterocycles. The highest BCUT2D eigenvalue weighted by molar-refractivity contribution is 7.90. The minimum atomic E-state index is -3.64. The standard InChI is InChI=1S/C24H36N4O4S/c1-3-18(2)21(26-22-19-9-5-6-10-20(19)33(30,31)27-22)23(29)25-17-24(11-7-4-8-12-24)28-13-15-32-16-14-28/h5-6,9-10,18,21H,3-4,7-8,11-17H2,1-2H3,(H,25,29)(H,26,27)/t18-,21-/m0/s1. The number of hydrogen-bond acceptors (Lipinski definition) is 6. The number of carbonyl (C=O) groups excluding carboxylic acids is 1. The van der Waals surface area contributed by atoms with Crippen LogP contribution < -0.4 is 10.0 Å². The van der Waals surface area contributed by atoms with Crippen molar-refractivity contribution in [1.82, 2.24) is 14.9 Å². The molecule has 1 aromatic carbocycles. The Morgan fingerprint density at radius 3 is 2.61 bits per heavy atom. The fourth-order valence-corrected chi connectivity index (χ4v) is 6.48. The Balaban J connectivity index is 1.54. The molecule has 2 fully saturated rings. The summed E-state index contributed by atoms with van der Waals surface area (Å²) < 4.78 is 33.1. The lowest BCUT2D eigenvalue weighted by molar-refractivity contribution is -0.124. The number of sulfonamides is 1. The number of benzene rings is 1. The van der Waals surface area contributed by atoms with Crippen LogP contribution in [0.2, 0.25) is 0 Å². The molecule has 0 radical (unpaired) electrons. The molecule has 1 saturated carbocycles. The first-order valence-corrected chi connectivity index (χ1v) is 13.7. The van der Waals surface area contributed by atoms with Crippen LogP contribution in [0, 0.1) is 5.92 Å². The molecule has 2 aliphatic heterocycles. The number of amidine groups is 1. The van der Waals surface area contributed by atoms with Gasteiger partial charge < -0.3 is 10.1 Å². The Hall–Kier alpha value is -1.97. The molecule has 33 heavy (non-hydrogen) atoms. The minimum absolute atomic E-state index is 0.0274. The maximum Gasteiger partial charge on any atom is 0.263 e. The minimum Gasteiger partial charge on any atom is -0.379 e. The van der Waals surface area contributed by atoms with Gasteiger partial charge >= 0.3 is 0 Å². The molecule has 2 N–H and O–H groups in total. The zero-order chi connectivity index (χ0) is 23.5. The second-order valence-corrected chi connectivity index (χ2v) is 11.2. The summed E-state index contributed by atoms with van der Waals surface area (Å²) >= 11 is 0. The third kappa shape index (κ3) is 5.10. The lowest BCUT2D eigenvalue weighted by atomic mass is 9.79. The Labute approximate surface area is 197 Å². The summed E-state index contributed by atoms with van der Waals surface area (Å²) in [7, 11) is -3.64. The number of nitrogens with zero attached hydrogens (tertiary/aromatic N) is 2. The van der Waals surface area contributed by atoms with Gasteiger partial charge in [0.05, 0.1) is 18.1 Å². The molecule has 0 bridgehead atoms. The van der Waals surface area contributed by atoms with Gasteiger partial charge in [0.15, 0.2) is 0 Å². The van der Waals surface area contributed by atoms with E-state index in [4.69, 9.17) is 4.74 Å². The number of aliphatic imine (C=N–C) groups is 1. The Kier molecular flexibility index (Phi) is 7.40. The Morgan fingerprint density at radius 2 is 1.91 bits per heavy atom. The highest BCUT2D eigenvalue weighted by Gasteiger charge is 2.40. The van der Waals surface area contributed by atoms with Crippen molar-refractivity contribution in [3.05, 3.63) is 29.8 Å². The zero-order valence-electron chi connectivity index (χ0n) is 19.7. The monoisotopic (exact) mass is 476 g/mol. The smallest absolute Gasteiger partial charge is 0.263 e. The molecule has 9 heteroatoms. The van der Waals surface area contributed by atoms with Crippen molar-refractivity contribution < 1.29 is 17.9 Å². The predicted molar refractivity (Wildman–Crippen MR) is 128 cm³/mol. The number of rotatable bonds is 7. The quantitative estimate of drug-likeness (QED) is 0.629. The summed E-state index contributed by atoms with van der Waals surface area (Å²) in [5.41, 5.74) is 0.488. The van der Waals surface area contributed by atoms with E-state index in [1.165, 1.54) is 19.3 Å². The zero-order valence-corrected chi connectivity index (χ0v) is 20.5. The molecular formula is C24H36N4O4S. The lowest BCUT2D eigenvalue weighted by Gasteiger charge is -2.48. The van der Waals surface area contributed by atoms with Gasteiger partial charge in [-0.1, -0.05) is 51.7 Å². The number of amides is 1. The van der Waals surface area contributed by atoms with Crippen molar-refractivity contribution in [3.8, 4) is 0 Å². The van der Waals surface area contributed by atoms with E-state index in [2.05, 4.69) is 19.9 Å². The molecule has 1 saturated heterocycles. The van der Waals surface area contributed by atoms with Crippen molar-refractivity contribution >= 4 is 21.8 Å². The number of morpholine rings is 1. The van der Waals surface area contributed by atoms with Crippen molar-refractivity contribution in [2.75, 3.05) is 32.8 Å². The fourth-order valence-electron chi connectivity index (χ4n) is 5.24. The van der Waals surface area contributed by atoms with Gasteiger partial charge in [0.2, 0.25) is 5.91 Å². The van der Waals surface area contributed by atoms with Crippen molar-refractivity contribution in [2.24, 2.45) is 10.9 Å². The molecule has 1 amide bonds. The van der Waals surface area contributed by atoms with E-state index in [0.717, 1.165) is 45.6 Å². The second-order valence-electron chi connectivity index (χ2n) is 9.51. The summed E-state index contributed by atoms with van der Waals surface area (Å²) in [4.78, 5) is 20.8. The summed E-state index contributed by atoms with van der Waals surface area (Å²) in [6, 6.07) is 6.10. The highest BCUT2D eigenvalue weighted by Crippen LogP contribution is 2.34. The van der Waals surface area contributed by atoms with E-state index in [0.29, 0.717) is 12.1 Å². The molecule has 8 nitrogen and oxygen atoms in total. The number of hydrogen-bond donors (Lipinski definition) is 2. The van der Waals surface area contributed by atoms with Gasteiger partial charge in [0, 0.05) is 30.7 Å². The van der Waals surface area contributed by atoms with Gasteiger partial charge in [-0.15, -0.1) is 0 Å². The van der Waals surface area contributed by atoms with E-state index in [-0.39, 0.29) is 28.1 Å². The number of ether oxygens (including phenoxy) is 1. The SMILES string of the molecule is CC[C@H](C)[C@H](N=C1NS(=O)(=O)c2ccccc21)C(=O)NCC1(N2CCOCC2)CCCCC1. The highest BCUT2D eigenvalue weighted by atomic mass is 32.2. The maximum atomic E-state index is 13.4. The van der Waals surface area contributed by atoms with Gasteiger partial charge in [0.1, 0.15) is 11.9 Å². The van der Waals surface area contributed by atoms with Gasteiger partial charge in [0.25, 0.3) is 10.0 Å². The van der Waals surface area contributed by atoms with Crippen LogP contribution in [-0.2, 0) is 19.6 Å². The molecule has 1 aromatic rings. The molecule has 3 aliphatic rings. The summed E-state index contributed by atoms with van der Waals surface area (Å²) in [5.74, 6) is 0.0886. The molecule has 0 spiro atoms. The third-order valence-electron chi connectivity index (χ3n) is 7.44. The average molecular weight is 477 g/mol. The van der Waals surface area contributed by atoms with Crippen molar-refractivity contribution in [1.29, 1.82) is 0 Å². The average Bonchev–Trinajstić information content (AvgIpc) is 3.11. The largest absolute Gasteiger partial charge is 0.379 e. The summed E-state index contributed by atoms with van der Waals surface area (Å²) in [5, 5.41) is 3.22. The Bertz CT molecular complexity index is 982. The van der Waals surface area contributed by atoms with Crippen LogP contribution in [-0.4, -0.2) is 69.5 Å². The van der Waals surface area contributed by atoms with Gasteiger partial charge in [-0.2, -0.15) is 0 Å². The van der Waals surface area contributed by atoms with Crippen LogP contribution in [0.4, 0.5) is 0 Å². The van der Waals surface area contributed by atoms with Crippen LogP contribution in [0.3, 0.4) is 0 Å². The molecule has 4 rings (SSSR count). The molecule has 0 aromatic heterocycles. The summed E-state index contributed by atoms with van der Waals surface area (Å²) in [6.07, 6.45) is 6.48. The molecular weight excluding hydrogens is 440 g/mol. The van der Waals surface area contributed by atoms with Crippen LogP contribution in [0.25, 0.3) is 0 Å². The van der Waals surface area contributed by atoms with Crippen LogP contribution in [0.15, 0.2) is 34.2 Å². The van der Waals surface area contributed by atoms with E-state index < -0.39 is 16.1 Å². The van der Waals surface area contributed by atoms with E-state index in [1.807, 2.05) is 13.8 Å². The second kappa shape index (κ2) is 10.1. The van der Waals surface area contributed by atoms with E-state index >= 15 is 0 Å². The number of nitrogens with one attached hydrogen (secondary N) is 2. The number of carbonyl (C=O) groups is 1. The van der Waals surface area contributed by atoms with E-state index in [9.17, 15) is 13.2 Å². The first-order chi connectivity index (χ1) is 15.9. The first kappa shape index (κ1) is 24.2. The molecule has 182 valence electrons. The normalized spacial score (nSPS) is 25.1. The van der Waals surface area contributed by atoms with Gasteiger partial charge in [-0.25, -0.2) is 8.42 Å². The lowest BCUT2D eigenvalue weighted by Crippen LogP contribution is -2.60. The molecule has 2 atom stereocenters. The Morgan fingerprint density at radius 1 is 1.21 bits per heavy atom. The third-order valence-corrected chi connectivity index (χ3v) is 8.84.